The predicted octanol–water partition coefficient (Wildman–Crippen LogP) is 4.91. The fraction of sp³-hybridized carbons (Fsp3) is 0.333. The summed E-state index contributed by atoms with van der Waals surface area (Å²) in [6.07, 6.45) is 0. The minimum absolute atomic E-state index is 0.358. The smallest absolute Gasteiger partial charge is 0.123 e. The molecule has 0 aliphatic carbocycles. The van der Waals surface area contributed by atoms with E-state index in [0.29, 0.717) is 5.75 Å². The molecule has 0 spiro atoms. The fourth-order valence-corrected chi connectivity index (χ4v) is 1.43. The Hall–Kier alpha value is -1.50. The second-order valence-electron chi connectivity index (χ2n) is 2.95. The van der Waals surface area contributed by atoms with Crippen LogP contribution in [0.5, 0.6) is 5.75 Å². The zero-order chi connectivity index (χ0) is 12.6. The highest BCUT2D eigenvalue weighted by atomic mass is 16.3. The summed E-state index contributed by atoms with van der Waals surface area (Å²) < 4.78 is 0. The molecule has 1 N–H and O–H groups in total. The van der Waals surface area contributed by atoms with Gasteiger partial charge in [0.05, 0.1) is 0 Å². The lowest BCUT2D eigenvalue weighted by Gasteiger charge is -2.02. The summed E-state index contributed by atoms with van der Waals surface area (Å²) >= 11 is 0. The molecule has 0 saturated heterocycles. The van der Waals surface area contributed by atoms with Crippen LogP contribution in [0, 0.1) is 6.92 Å². The lowest BCUT2D eigenvalue weighted by molar-refractivity contribution is 0.481. The van der Waals surface area contributed by atoms with Crippen LogP contribution >= 0.6 is 0 Å². The first kappa shape index (κ1) is 14.5. The maximum Gasteiger partial charge on any atom is 0.123 e. The summed E-state index contributed by atoms with van der Waals surface area (Å²) in [4.78, 5) is 0. The molecule has 0 aliphatic heterocycles. The topological polar surface area (TPSA) is 20.2 Å². The number of benzene rings is 2. The van der Waals surface area contributed by atoms with Crippen molar-refractivity contribution in [3.05, 3.63) is 42.0 Å². The molecule has 0 aliphatic rings. The summed E-state index contributed by atoms with van der Waals surface area (Å²) in [5, 5.41) is 11.5. The van der Waals surface area contributed by atoms with Crippen LogP contribution in [0.2, 0.25) is 0 Å². The maximum atomic E-state index is 9.50. The van der Waals surface area contributed by atoms with Crippen LogP contribution in [0.15, 0.2) is 36.4 Å². The third kappa shape index (κ3) is 3.27. The first-order valence-electron chi connectivity index (χ1n) is 5.96. The van der Waals surface area contributed by atoms with Gasteiger partial charge in [-0.3, -0.25) is 0 Å². The Kier molecular flexibility index (Phi) is 7.02. The van der Waals surface area contributed by atoms with E-state index >= 15 is 0 Å². The van der Waals surface area contributed by atoms with Gasteiger partial charge in [-0.1, -0.05) is 58.0 Å². The van der Waals surface area contributed by atoms with Gasteiger partial charge in [0.25, 0.3) is 0 Å². The molecule has 16 heavy (non-hydrogen) atoms. The third-order valence-electron chi connectivity index (χ3n) is 2.12. The van der Waals surface area contributed by atoms with E-state index in [1.54, 1.807) is 6.07 Å². The van der Waals surface area contributed by atoms with Crippen LogP contribution in [-0.4, -0.2) is 5.11 Å². The first-order valence-corrected chi connectivity index (χ1v) is 5.96. The van der Waals surface area contributed by atoms with E-state index in [-0.39, 0.29) is 0 Å². The molecule has 1 heteroatoms. The van der Waals surface area contributed by atoms with Crippen molar-refractivity contribution in [1.29, 1.82) is 0 Å². The highest BCUT2D eigenvalue weighted by molar-refractivity contribution is 5.90. The Morgan fingerprint density at radius 2 is 1.25 bits per heavy atom. The predicted molar refractivity (Wildman–Crippen MR) is 73.0 cm³/mol. The standard InChI is InChI=1S/C11H10O.2C2H6/c1-8-6-7-11(12)10-5-3-2-4-9(8)10;2*1-2/h2-7,12H,1H3;2*1-2H3. The molecule has 0 saturated carbocycles. The third-order valence-corrected chi connectivity index (χ3v) is 2.12. The maximum absolute atomic E-state index is 9.50. The molecule has 0 amide bonds. The first-order chi connectivity index (χ1) is 7.79. The molecular formula is C15H22O. The van der Waals surface area contributed by atoms with Crippen molar-refractivity contribution in [2.24, 2.45) is 0 Å². The van der Waals surface area contributed by atoms with E-state index in [1.165, 1.54) is 5.56 Å². The summed E-state index contributed by atoms with van der Waals surface area (Å²) in [5.74, 6) is 0.358. The molecule has 0 bridgehead atoms. The molecule has 2 aromatic rings. The number of rotatable bonds is 0. The SMILES string of the molecule is CC.CC.Cc1ccc(O)c2ccccc12. The van der Waals surface area contributed by atoms with E-state index in [2.05, 4.69) is 0 Å². The van der Waals surface area contributed by atoms with E-state index in [0.717, 1.165) is 10.8 Å². The molecule has 88 valence electrons. The van der Waals surface area contributed by atoms with Crippen molar-refractivity contribution in [1.82, 2.24) is 0 Å². The second kappa shape index (κ2) is 7.75. The average Bonchev–Trinajstić information content (AvgIpc) is 2.39. The molecule has 0 fully saturated rings. The highest BCUT2D eigenvalue weighted by Crippen LogP contribution is 2.26. The molecule has 0 radical (unpaired) electrons. The number of aromatic hydroxyl groups is 1. The summed E-state index contributed by atoms with van der Waals surface area (Å²) in [5.41, 5.74) is 1.20. The summed E-state index contributed by atoms with van der Waals surface area (Å²) in [6, 6.07) is 11.5. The number of phenols is 1. The van der Waals surface area contributed by atoms with Crippen molar-refractivity contribution in [2.75, 3.05) is 0 Å². The van der Waals surface area contributed by atoms with Crippen molar-refractivity contribution in [3.8, 4) is 5.75 Å². The van der Waals surface area contributed by atoms with Gasteiger partial charge in [-0.2, -0.15) is 0 Å². The molecule has 0 atom stereocenters. The zero-order valence-corrected chi connectivity index (χ0v) is 10.9. The van der Waals surface area contributed by atoms with E-state index in [4.69, 9.17) is 0 Å². The van der Waals surface area contributed by atoms with Crippen LogP contribution in [0.25, 0.3) is 10.8 Å². The van der Waals surface area contributed by atoms with Gasteiger partial charge in [-0.05, 0) is 23.9 Å². The lowest BCUT2D eigenvalue weighted by Crippen LogP contribution is -1.77. The number of hydrogen-bond acceptors (Lipinski definition) is 1. The Bertz CT molecular complexity index is 378. The molecule has 0 heterocycles. The number of phenolic OH excluding ortho intramolecular Hbond substituents is 1. The van der Waals surface area contributed by atoms with Crippen LogP contribution < -0.4 is 0 Å². The molecule has 0 aromatic heterocycles. The van der Waals surface area contributed by atoms with Crippen LogP contribution in [0.4, 0.5) is 0 Å². The Balaban J connectivity index is 0.000000509. The Labute approximate surface area is 98.7 Å². The van der Waals surface area contributed by atoms with Gasteiger partial charge >= 0.3 is 0 Å². The number of hydrogen-bond donors (Lipinski definition) is 1. The largest absolute Gasteiger partial charge is 0.507 e. The molecule has 0 unspecified atom stereocenters. The second-order valence-corrected chi connectivity index (χ2v) is 2.95. The Morgan fingerprint density at radius 3 is 1.75 bits per heavy atom. The normalized spacial score (nSPS) is 8.56. The zero-order valence-electron chi connectivity index (χ0n) is 10.9. The minimum Gasteiger partial charge on any atom is -0.507 e. The van der Waals surface area contributed by atoms with Gasteiger partial charge in [-0.15, -0.1) is 0 Å². The summed E-state index contributed by atoms with van der Waals surface area (Å²) in [7, 11) is 0. The molecule has 2 aromatic carbocycles. The van der Waals surface area contributed by atoms with E-state index in [1.807, 2.05) is 65.0 Å². The van der Waals surface area contributed by atoms with Gasteiger partial charge in [0.1, 0.15) is 5.75 Å². The van der Waals surface area contributed by atoms with Crippen LogP contribution in [0.3, 0.4) is 0 Å². The van der Waals surface area contributed by atoms with Crippen LogP contribution in [0.1, 0.15) is 33.3 Å². The highest BCUT2D eigenvalue weighted by Gasteiger charge is 1.99. The molecule has 2 rings (SSSR count). The van der Waals surface area contributed by atoms with Crippen LogP contribution in [-0.2, 0) is 0 Å². The molecule has 1 nitrogen and oxygen atoms in total. The van der Waals surface area contributed by atoms with Gasteiger partial charge in [0.15, 0.2) is 0 Å². The average molecular weight is 218 g/mol. The molecular weight excluding hydrogens is 196 g/mol. The summed E-state index contributed by atoms with van der Waals surface area (Å²) in [6.45, 7) is 10.0. The number of aryl methyl sites for hydroxylation is 1. The van der Waals surface area contributed by atoms with E-state index < -0.39 is 0 Å². The van der Waals surface area contributed by atoms with Gasteiger partial charge in [-0.25, -0.2) is 0 Å². The van der Waals surface area contributed by atoms with Crippen molar-refractivity contribution in [3.63, 3.8) is 0 Å². The Morgan fingerprint density at radius 1 is 0.750 bits per heavy atom. The monoisotopic (exact) mass is 218 g/mol. The van der Waals surface area contributed by atoms with Gasteiger partial charge in [0, 0.05) is 5.39 Å². The minimum atomic E-state index is 0.358. The van der Waals surface area contributed by atoms with Crippen molar-refractivity contribution in [2.45, 2.75) is 34.6 Å². The van der Waals surface area contributed by atoms with Gasteiger partial charge in [0.2, 0.25) is 0 Å². The van der Waals surface area contributed by atoms with Crippen molar-refractivity contribution >= 4 is 10.8 Å². The quantitative estimate of drug-likeness (QED) is 0.666. The number of fused-ring (bicyclic) bond motifs is 1. The fourth-order valence-electron chi connectivity index (χ4n) is 1.43. The van der Waals surface area contributed by atoms with Gasteiger partial charge < -0.3 is 5.11 Å². The van der Waals surface area contributed by atoms with E-state index in [9.17, 15) is 5.11 Å². The lowest BCUT2D eigenvalue weighted by atomic mass is 10.1. The van der Waals surface area contributed by atoms with Crippen molar-refractivity contribution < 1.29 is 5.11 Å².